The molecule has 3 rings (SSSR count). The van der Waals surface area contributed by atoms with Crippen LogP contribution >= 0.6 is 0 Å². The molecule has 2 saturated carbocycles. The second-order valence-electron chi connectivity index (χ2n) is 6.40. The van der Waals surface area contributed by atoms with Crippen LogP contribution in [0.15, 0.2) is 42.0 Å². The Bertz CT molecular complexity index is 522. The molecule has 3 atom stereocenters. The van der Waals surface area contributed by atoms with Gasteiger partial charge in [-0.1, -0.05) is 35.9 Å². The quantitative estimate of drug-likeness (QED) is 0.668. The lowest BCUT2D eigenvalue weighted by Gasteiger charge is -2.31. The zero-order valence-corrected chi connectivity index (χ0v) is 13.3. The molecule has 1 unspecified atom stereocenters. The van der Waals surface area contributed by atoms with Crippen molar-refractivity contribution in [2.75, 3.05) is 6.61 Å². The van der Waals surface area contributed by atoms with Gasteiger partial charge in [-0.2, -0.15) is 0 Å². The van der Waals surface area contributed by atoms with Crippen LogP contribution < -0.4 is 5.32 Å². The van der Waals surface area contributed by atoms with Gasteiger partial charge < -0.3 is 10.1 Å². The van der Waals surface area contributed by atoms with Crippen molar-refractivity contribution in [3.63, 3.8) is 0 Å². The number of allylic oxidation sites excluding steroid dienone is 1. The van der Waals surface area contributed by atoms with Crippen LogP contribution in [0.1, 0.15) is 38.2 Å². The number of rotatable bonds is 5. The predicted octanol–water partition coefficient (Wildman–Crippen LogP) is 3.45. The molecule has 0 saturated heterocycles. The minimum Gasteiger partial charge on any atom is -0.463 e. The van der Waals surface area contributed by atoms with E-state index in [-0.39, 0.29) is 5.97 Å². The number of fused-ring (bicyclic) bond motifs is 2. The van der Waals surface area contributed by atoms with Crippen molar-refractivity contribution in [1.82, 2.24) is 5.32 Å². The Balaban J connectivity index is 1.57. The molecule has 1 aromatic carbocycles. The van der Waals surface area contributed by atoms with Crippen molar-refractivity contribution in [3.05, 3.63) is 47.5 Å². The Morgan fingerprint density at radius 2 is 1.91 bits per heavy atom. The Morgan fingerprint density at radius 3 is 2.55 bits per heavy atom. The number of esters is 1. The molecule has 3 heteroatoms. The summed E-state index contributed by atoms with van der Waals surface area (Å²) < 4.78 is 5.07. The van der Waals surface area contributed by atoms with E-state index in [0.717, 1.165) is 19.4 Å². The van der Waals surface area contributed by atoms with E-state index in [1.54, 1.807) is 6.08 Å². The van der Waals surface area contributed by atoms with Gasteiger partial charge in [-0.15, -0.1) is 0 Å². The first-order valence-corrected chi connectivity index (χ1v) is 8.41. The molecule has 0 spiro atoms. The summed E-state index contributed by atoms with van der Waals surface area (Å²) in [5, 5.41) is 3.69. The van der Waals surface area contributed by atoms with E-state index in [9.17, 15) is 4.79 Å². The SMILES string of the molecule is CCOC(=O)C=C1[C@@H]2CC[C@H]1CC(NCc1ccccc1)C2. The first kappa shape index (κ1) is 15.3. The van der Waals surface area contributed by atoms with E-state index >= 15 is 0 Å². The highest BCUT2D eigenvalue weighted by molar-refractivity contribution is 5.83. The molecule has 0 radical (unpaired) electrons. The highest BCUT2D eigenvalue weighted by atomic mass is 16.5. The van der Waals surface area contributed by atoms with Crippen LogP contribution in [-0.4, -0.2) is 18.6 Å². The molecule has 22 heavy (non-hydrogen) atoms. The average molecular weight is 299 g/mol. The number of carbonyl (C=O) groups excluding carboxylic acids is 1. The van der Waals surface area contributed by atoms with Gasteiger partial charge in [0.25, 0.3) is 0 Å². The average Bonchev–Trinajstić information content (AvgIpc) is 2.76. The largest absolute Gasteiger partial charge is 0.463 e. The fraction of sp³-hybridized carbons (Fsp3) is 0.526. The third-order valence-corrected chi connectivity index (χ3v) is 4.95. The topological polar surface area (TPSA) is 38.3 Å². The van der Waals surface area contributed by atoms with Crippen LogP contribution in [-0.2, 0) is 16.1 Å². The summed E-state index contributed by atoms with van der Waals surface area (Å²) in [6, 6.07) is 11.1. The molecule has 1 N–H and O–H groups in total. The van der Waals surface area contributed by atoms with Crippen molar-refractivity contribution in [3.8, 4) is 0 Å². The maximum absolute atomic E-state index is 11.7. The standard InChI is InChI=1S/C19H25NO2/c1-2-22-19(21)12-18-15-8-9-16(18)11-17(10-15)20-13-14-6-4-3-5-7-14/h3-7,12,15-17,20H,2,8-11,13H2,1H3/t15-,16+,17?. The van der Waals surface area contributed by atoms with E-state index < -0.39 is 0 Å². The lowest BCUT2D eigenvalue weighted by molar-refractivity contribution is -0.137. The van der Waals surface area contributed by atoms with Crippen LogP contribution in [0.3, 0.4) is 0 Å². The zero-order valence-electron chi connectivity index (χ0n) is 13.3. The van der Waals surface area contributed by atoms with Gasteiger partial charge in [-0.25, -0.2) is 4.79 Å². The summed E-state index contributed by atoms with van der Waals surface area (Å²) in [7, 11) is 0. The monoisotopic (exact) mass is 299 g/mol. The second-order valence-corrected chi connectivity index (χ2v) is 6.40. The Kier molecular flexibility index (Phi) is 4.94. The summed E-state index contributed by atoms with van der Waals surface area (Å²) >= 11 is 0. The number of carbonyl (C=O) groups is 1. The molecule has 0 aliphatic heterocycles. The zero-order chi connectivity index (χ0) is 15.4. The molecule has 2 fully saturated rings. The van der Waals surface area contributed by atoms with Crippen molar-refractivity contribution in [2.45, 2.75) is 45.2 Å². The second kappa shape index (κ2) is 7.10. The molecule has 118 valence electrons. The van der Waals surface area contributed by atoms with Crippen LogP contribution in [0.2, 0.25) is 0 Å². The smallest absolute Gasteiger partial charge is 0.330 e. The van der Waals surface area contributed by atoms with Gasteiger partial charge in [-0.3, -0.25) is 0 Å². The molecule has 3 nitrogen and oxygen atoms in total. The molecule has 0 heterocycles. The van der Waals surface area contributed by atoms with Crippen LogP contribution in [0.4, 0.5) is 0 Å². The van der Waals surface area contributed by atoms with Gasteiger partial charge in [0.15, 0.2) is 0 Å². The first-order valence-electron chi connectivity index (χ1n) is 8.41. The van der Waals surface area contributed by atoms with Crippen molar-refractivity contribution < 1.29 is 9.53 Å². The van der Waals surface area contributed by atoms with Gasteiger partial charge in [0.1, 0.15) is 0 Å². The fourth-order valence-corrected chi connectivity index (χ4v) is 3.94. The maximum atomic E-state index is 11.7. The molecule has 0 amide bonds. The van der Waals surface area contributed by atoms with E-state index in [4.69, 9.17) is 4.74 Å². The van der Waals surface area contributed by atoms with E-state index in [1.165, 1.54) is 24.0 Å². The Hall–Kier alpha value is -1.61. The summed E-state index contributed by atoms with van der Waals surface area (Å²) in [5.41, 5.74) is 2.68. The highest BCUT2D eigenvalue weighted by Crippen LogP contribution is 2.46. The molecule has 2 aliphatic rings. The van der Waals surface area contributed by atoms with Crippen molar-refractivity contribution in [2.24, 2.45) is 11.8 Å². The molecular weight excluding hydrogens is 274 g/mol. The Labute approximate surface area is 132 Å². The van der Waals surface area contributed by atoms with Gasteiger partial charge in [-0.05, 0) is 50.0 Å². The summed E-state index contributed by atoms with van der Waals surface area (Å²) in [6.45, 7) is 3.25. The number of hydrogen-bond acceptors (Lipinski definition) is 3. The molecular formula is C19H25NO2. The number of ether oxygens (including phenoxy) is 1. The van der Waals surface area contributed by atoms with Gasteiger partial charge in [0, 0.05) is 18.7 Å². The number of nitrogens with one attached hydrogen (secondary N) is 1. The summed E-state index contributed by atoms with van der Waals surface area (Å²) in [6.07, 6.45) is 6.52. The first-order chi connectivity index (χ1) is 10.8. The van der Waals surface area contributed by atoms with Gasteiger partial charge >= 0.3 is 5.97 Å². The van der Waals surface area contributed by atoms with Gasteiger partial charge in [0.05, 0.1) is 6.61 Å². The van der Waals surface area contributed by atoms with E-state index in [0.29, 0.717) is 24.5 Å². The van der Waals surface area contributed by atoms with E-state index in [2.05, 4.69) is 35.6 Å². The van der Waals surface area contributed by atoms with Crippen LogP contribution in [0, 0.1) is 11.8 Å². The lowest BCUT2D eigenvalue weighted by atomic mass is 9.80. The Morgan fingerprint density at radius 1 is 1.23 bits per heavy atom. The number of benzene rings is 1. The number of hydrogen-bond donors (Lipinski definition) is 1. The molecule has 1 aromatic rings. The third kappa shape index (κ3) is 3.58. The fourth-order valence-electron chi connectivity index (χ4n) is 3.94. The van der Waals surface area contributed by atoms with Gasteiger partial charge in [0.2, 0.25) is 0 Å². The summed E-state index contributed by atoms with van der Waals surface area (Å²) in [5.74, 6) is 0.970. The van der Waals surface area contributed by atoms with Crippen molar-refractivity contribution >= 4 is 5.97 Å². The maximum Gasteiger partial charge on any atom is 0.330 e. The highest BCUT2D eigenvalue weighted by Gasteiger charge is 2.38. The molecule has 0 aromatic heterocycles. The lowest BCUT2D eigenvalue weighted by Crippen LogP contribution is -2.35. The van der Waals surface area contributed by atoms with Crippen LogP contribution in [0.25, 0.3) is 0 Å². The van der Waals surface area contributed by atoms with Crippen molar-refractivity contribution in [1.29, 1.82) is 0 Å². The van der Waals surface area contributed by atoms with E-state index in [1.807, 2.05) is 6.92 Å². The molecule has 2 bridgehead atoms. The predicted molar refractivity (Wildman–Crippen MR) is 87.2 cm³/mol. The third-order valence-electron chi connectivity index (χ3n) is 4.95. The minimum atomic E-state index is -0.162. The van der Waals surface area contributed by atoms with Crippen LogP contribution in [0.5, 0.6) is 0 Å². The minimum absolute atomic E-state index is 0.162. The summed E-state index contributed by atoms with van der Waals surface area (Å²) in [4.78, 5) is 11.7. The molecule has 2 aliphatic carbocycles. The normalized spacial score (nSPS) is 28.8.